The molecular weight excluding hydrogens is 289 g/mol. The summed E-state index contributed by atoms with van der Waals surface area (Å²) < 4.78 is 22.9. The summed E-state index contributed by atoms with van der Waals surface area (Å²) in [6.45, 7) is -1.06. The molecule has 0 saturated carbocycles. The van der Waals surface area contributed by atoms with Gasteiger partial charge in [0, 0.05) is 12.1 Å². The summed E-state index contributed by atoms with van der Waals surface area (Å²) >= 11 is 0. The Balaban J connectivity index is 2.08. The Hall–Kier alpha value is -1.81. The summed E-state index contributed by atoms with van der Waals surface area (Å²) in [6.07, 6.45) is -7.50. The minimum Gasteiger partial charge on any atom is -0.462 e. The van der Waals surface area contributed by atoms with E-state index in [4.69, 9.17) is 9.47 Å². The summed E-state index contributed by atoms with van der Waals surface area (Å²) in [7, 11) is 0. The maximum Gasteiger partial charge on any atom is 0.269 e. The fourth-order valence-electron chi connectivity index (χ4n) is 1.92. The summed E-state index contributed by atoms with van der Waals surface area (Å²) in [6, 6.07) is 4.91. The quantitative estimate of drug-likeness (QED) is 0.518. The molecule has 1 fully saturated rings. The zero-order valence-electron chi connectivity index (χ0n) is 10.7. The van der Waals surface area contributed by atoms with E-state index in [0.717, 1.165) is 0 Å². The monoisotopic (exact) mass is 303 g/mol. The lowest BCUT2D eigenvalue weighted by atomic mass is 10.00. The van der Waals surface area contributed by atoms with Crippen LogP contribution in [0, 0.1) is 10.1 Å². The zero-order valence-corrected chi connectivity index (χ0v) is 10.7. The summed E-state index contributed by atoms with van der Waals surface area (Å²) in [4.78, 5) is 9.92. The van der Waals surface area contributed by atoms with Crippen molar-refractivity contribution in [3.8, 4) is 5.75 Å². The van der Waals surface area contributed by atoms with Crippen LogP contribution < -0.4 is 4.74 Å². The summed E-state index contributed by atoms with van der Waals surface area (Å²) in [5.74, 6) is 0.130. The highest BCUT2D eigenvalue weighted by Crippen LogP contribution is 2.25. The van der Waals surface area contributed by atoms with Gasteiger partial charge in [-0.15, -0.1) is 0 Å². The van der Waals surface area contributed by atoms with Gasteiger partial charge in [-0.25, -0.2) is 4.39 Å². The molecule has 2 unspecified atom stereocenters. The van der Waals surface area contributed by atoms with Crippen LogP contribution in [0.4, 0.5) is 10.1 Å². The number of rotatable bonds is 4. The standard InChI is InChI=1S/C12H14FNO7/c13-5-8-9(15)10(16)11(17)12(21-8)20-7-3-1-6(2-4-7)14(18)19/h1-4,8-12,15-17H,5H2/t8-,9?,10+,11+,12?/m1/s1. The number of nitro groups is 1. The maximum atomic E-state index is 12.7. The molecule has 9 heteroatoms. The molecule has 1 aromatic carbocycles. The van der Waals surface area contributed by atoms with Crippen molar-refractivity contribution in [1.29, 1.82) is 0 Å². The Kier molecular flexibility index (Phi) is 4.68. The molecule has 0 spiro atoms. The van der Waals surface area contributed by atoms with Crippen molar-refractivity contribution in [3.05, 3.63) is 34.4 Å². The van der Waals surface area contributed by atoms with Crippen LogP contribution in [0.25, 0.3) is 0 Å². The number of aliphatic hydroxyl groups is 3. The highest BCUT2D eigenvalue weighted by Gasteiger charge is 2.45. The number of non-ortho nitro benzene ring substituents is 1. The molecule has 5 atom stereocenters. The van der Waals surface area contributed by atoms with Crippen LogP contribution in [0.2, 0.25) is 0 Å². The molecule has 1 aliphatic heterocycles. The maximum absolute atomic E-state index is 12.7. The first-order valence-corrected chi connectivity index (χ1v) is 6.10. The van der Waals surface area contributed by atoms with E-state index < -0.39 is 42.3 Å². The van der Waals surface area contributed by atoms with Crippen LogP contribution in [0.5, 0.6) is 5.75 Å². The van der Waals surface area contributed by atoms with Crippen LogP contribution >= 0.6 is 0 Å². The number of halogens is 1. The lowest BCUT2D eigenvalue weighted by molar-refractivity contribution is -0.384. The molecule has 0 radical (unpaired) electrons. The van der Waals surface area contributed by atoms with Crippen molar-refractivity contribution in [2.75, 3.05) is 6.67 Å². The van der Waals surface area contributed by atoms with Gasteiger partial charge < -0.3 is 24.8 Å². The second-order valence-electron chi connectivity index (χ2n) is 4.54. The molecule has 0 amide bonds. The molecule has 0 bridgehead atoms. The molecule has 116 valence electrons. The molecule has 1 saturated heterocycles. The van der Waals surface area contributed by atoms with E-state index in [-0.39, 0.29) is 11.4 Å². The van der Waals surface area contributed by atoms with Gasteiger partial charge in [0.15, 0.2) is 0 Å². The van der Waals surface area contributed by atoms with E-state index in [1.165, 1.54) is 24.3 Å². The summed E-state index contributed by atoms with van der Waals surface area (Å²) in [5.41, 5.74) is -0.149. The molecular formula is C12H14FNO7. The van der Waals surface area contributed by atoms with E-state index in [0.29, 0.717) is 0 Å². The lowest BCUT2D eigenvalue weighted by Crippen LogP contribution is -2.59. The number of aliphatic hydroxyl groups excluding tert-OH is 3. The molecule has 21 heavy (non-hydrogen) atoms. The third-order valence-corrected chi connectivity index (χ3v) is 3.12. The van der Waals surface area contributed by atoms with Crippen molar-refractivity contribution in [2.24, 2.45) is 0 Å². The minimum atomic E-state index is -1.62. The molecule has 8 nitrogen and oxygen atoms in total. The van der Waals surface area contributed by atoms with Gasteiger partial charge in [-0.1, -0.05) is 0 Å². The average Bonchev–Trinajstić information content (AvgIpc) is 2.48. The smallest absolute Gasteiger partial charge is 0.269 e. The Morgan fingerprint density at radius 1 is 1.19 bits per heavy atom. The van der Waals surface area contributed by atoms with Gasteiger partial charge in [-0.3, -0.25) is 10.1 Å². The molecule has 0 aliphatic carbocycles. The van der Waals surface area contributed by atoms with E-state index in [2.05, 4.69) is 0 Å². The van der Waals surface area contributed by atoms with Gasteiger partial charge in [-0.2, -0.15) is 0 Å². The Morgan fingerprint density at radius 3 is 2.33 bits per heavy atom. The van der Waals surface area contributed by atoms with Gasteiger partial charge in [0.05, 0.1) is 4.92 Å². The molecule has 0 aromatic heterocycles. The van der Waals surface area contributed by atoms with Crippen molar-refractivity contribution in [1.82, 2.24) is 0 Å². The normalized spacial score (nSPS) is 32.7. The number of nitro benzene ring substituents is 1. The number of hydrogen-bond donors (Lipinski definition) is 3. The van der Waals surface area contributed by atoms with Crippen LogP contribution in [-0.4, -0.2) is 57.6 Å². The van der Waals surface area contributed by atoms with Crippen molar-refractivity contribution >= 4 is 5.69 Å². The number of ether oxygens (including phenoxy) is 2. The van der Waals surface area contributed by atoms with Crippen LogP contribution in [0.1, 0.15) is 0 Å². The van der Waals surface area contributed by atoms with Crippen LogP contribution in [0.3, 0.4) is 0 Å². The fourth-order valence-corrected chi connectivity index (χ4v) is 1.92. The average molecular weight is 303 g/mol. The molecule has 3 N–H and O–H groups in total. The van der Waals surface area contributed by atoms with E-state index >= 15 is 0 Å². The van der Waals surface area contributed by atoms with Crippen LogP contribution in [0.15, 0.2) is 24.3 Å². The first-order valence-electron chi connectivity index (χ1n) is 6.10. The number of benzene rings is 1. The third-order valence-electron chi connectivity index (χ3n) is 3.12. The lowest BCUT2D eigenvalue weighted by Gasteiger charge is -2.39. The minimum absolute atomic E-state index is 0.130. The zero-order chi connectivity index (χ0) is 15.6. The van der Waals surface area contributed by atoms with E-state index in [1.807, 2.05) is 0 Å². The van der Waals surface area contributed by atoms with Crippen molar-refractivity contribution < 1.29 is 34.1 Å². The van der Waals surface area contributed by atoms with Crippen LogP contribution in [-0.2, 0) is 4.74 Å². The predicted octanol–water partition coefficient (Wildman–Crippen LogP) is -0.249. The van der Waals surface area contributed by atoms with Gasteiger partial charge in [0.1, 0.15) is 36.8 Å². The molecule has 1 aromatic rings. The van der Waals surface area contributed by atoms with Gasteiger partial charge in [0.2, 0.25) is 6.29 Å². The van der Waals surface area contributed by atoms with Gasteiger partial charge in [-0.05, 0) is 12.1 Å². The second kappa shape index (κ2) is 6.31. The summed E-state index contributed by atoms with van der Waals surface area (Å²) in [5, 5.41) is 39.3. The van der Waals surface area contributed by atoms with Gasteiger partial charge in [0.25, 0.3) is 5.69 Å². The first kappa shape index (κ1) is 15.6. The van der Waals surface area contributed by atoms with Crippen molar-refractivity contribution in [2.45, 2.75) is 30.7 Å². The number of hydrogen-bond acceptors (Lipinski definition) is 7. The highest BCUT2D eigenvalue weighted by molar-refractivity contribution is 5.36. The highest BCUT2D eigenvalue weighted by atomic mass is 19.1. The fraction of sp³-hybridized carbons (Fsp3) is 0.500. The van der Waals surface area contributed by atoms with Gasteiger partial charge >= 0.3 is 0 Å². The Morgan fingerprint density at radius 2 is 1.81 bits per heavy atom. The SMILES string of the molecule is O=[N+]([O-])c1ccc(OC2O[C@H](CF)C(O)[C@H](O)[C@@H]2O)cc1. The largest absolute Gasteiger partial charge is 0.462 e. The molecule has 1 heterocycles. The second-order valence-corrected chi connectivity index (χ2v) is 4.54. The van der Waals surface area contributed by atoms with E-state index in [1.54, 1.807) is 0 Å². The van der Waals surface area contributed by atoms with E-state index in [9.17, 15) is 29.8 Å². The number of nitrogens with zero attached hydrogens (tertiary/aromatic N) is 1. The Labute approximate surface area is 118 Å². The molecule has 1 aliphatic rings. The molecule has 2 rings (SSSR count). The Bertz CT molecular complexity index is 495. The third kappa shape index (κ3) is 3.27. The predicted molar refractivity (Wildman–Crippen MR) is 66.4 cm³/mol. The first-order chi connectivity index (χ1) is 9.93. The number of alkyl halides is 1. The van der Waals surface area contributed by atoms with Crippen molar-refractivity contribution in [3.63, 3.8) is 0 Å². The topological polar surface area (TPSA) is 122 Å².